The van der Waals surface area contributed by atoms with Gasteiger partial charge in [0.05, 0.1) is 0 Å². The molecular weight excluding hydrogens is 294 g/mol. The van der Waals surface area contributed by atoms with Crippen LogP contribution in [-0.4, -0.2) is 9.74 Å². The molecule has 0 saturated heterocycles. The SMILES string of the molecule is CCn1c(C#N)ccc1-c1ccc2c(c1)C(C)(C)OC(=S)N2. The molecule has 1 N–H and O–H groups in total. The van der Waals surface area contributed by atoms with Crippen molar-refractivity contribution in [2.24, 2.45) is 0 Å². The predicted octanol–water partition coefficient (Wildman–Crippen LogP) is 4.01. The third-order valence-corrected chi connectivity index (χ3v) is 4.15. The molecule has 5 heteroatoms. The first kappa shape index (κ1) is 14.6. The van der Waals surface area contributed by atoms with Crippen LogP contribution in [0.3, 0.4) is 0 Å². The highest BCUT2D eigenvalue weighted by Gasteiger charge is 2.32. The van der Waals surface area contributed by atoms with Crippen LogP contribution in [-0.2, 0) is 16.9 Å². The lowest BCUT2D eigenvalue weighted by Gasteiger charge is -2.34. The number of benzene rings is 1. The lowest BCUT2D eigenvalue weighted by atomic mass is 9.92. The molecule has 4 nitrogen and oxygen atoms in total. The zero-order valence-electron chi connectivity index (χ0n) is 12.8. The minimum absolute atomic E-state index is 0.397. The summed E-state index contributed by atoms with van der Waals surface area (Å²) in [6.07, 6.45) is 0. The monoisotopic (exact) mass is 311 g/mol. The first-order chi connectivity index (χ1) is 10.5. The van der Waals surface area contributed by atoms with Crippen LogP contribution in [0.15, 0.2) is 30.3 Å². The molecule has 0 saturated carbocycles. The number of nitriles is 1. The molecule has 0 unspecified atom stereocenters. The molecule has 1 aromatic heterocycles. The molecule has 0 aliphatic carbocycles. The molecule has 0 atom stereocenters. The van der Waals surface area contributed by atoms with Crippen LogP contribution in [0.4, 0.5) is 5.69 Å². The summed E-state index contributed by atoms with van der Waals surface area (Å²) in [4.78, 5) is 0. The molecule has 0 spiro atoms. The van der Waals surface area contributed by atoms with Crippen molar-refractivity contribution in [3.63, 3.8) is 0 Å². The van der Waals surface area contributed by atoms with E-state index in [-0.39, 0.29) is 0 Å². The molecule has 3 rings (SSSR count). The molecule has 0 bridgehead atoms. The van der Waals surface area contributed by atoms with Gasteiger partial charge in [-0.3, -0.25) is 0 Å². The van der Waals surface area contributed by atoms with Crippen molar-refractivity contribution in [2.45, 2.75) is 32.9 Å². The Morgan fingerprint density at radius 3 is 2.77 bits per heavy atom. The topological polar surface area (TPSA) is 50.0 Å². The van der Waals surface area contributed by atoms with Gasteiger partial charge in [-0.1, -0.05) is 6.07 Å². The Morgan fingerprint density at radius 1 is 1.32 bits per heavy atom. The van der Waals surface area contributed by atoms with Crippen molar-refractivity contribution in [3.8, 4) is 17.3 Å². The second-order valence-corrected chi connectivity index (χ2v) is 6.12. The number of aromatic nitrogens is 1. The molecule has 0 fully saturated rings. The second kappa shape index (κ2) is 5.15. The van der Waals surface area contributed by atoms with E-state index >= 15 is 0 Å². The maximum absolute atomic E-state index is 9.20. The number of thiocarbonyl (C=S) groups is 1. The van der Waals surface area contributed by atoms with E-state index in [2.05, 4.69) is 17.5 Å². The number of hydrogen-bond donors (Lipinski definition) is 1. The minimum atomic E-state index is -0.477. The van der Waals surface area contributed by atoms with Crippen LogP contribution in [0.25, 0.3) is 11.3 Å². The summed E-state index contributed by atoms with van der Waals surface area (Å²) in [5, 5.41) is 12.7. The van der Waals surface area contributed by atoms with Crippen LogP contribution in [0.1, 0.15) is 32.0 Å². The van der Waals surface area contributed by atoms with Gasteiger partial charge in [0.1, 0.15) is 17.4 Å². The standard InChI is InChI=1S/C17H17N3OS/c1-4-20-12(10-18)6-8-15(20)11-5-7-14-13(9-11)17(2,3)21-16(22)19-14/h5-9H,4H2,1-3H3,(H,19,22). The van der Waals surface area contributed by atoms with Crippen molar-refractivity contribution in [1.29, 1.82) is 5.26 Å². The minimum Gasteiger partial charge on any atom is -0.460 e. The third kappa shape index (κ3) is 2.26. The van der Waals surface area contributed by atoms with Crippen molar-refractivity contribution >= 4 is 23.1 Å². The van der Waals surface area contributed by atoms with Gasteiger partial charge in [-0.05, 0) is 62.8 Å². The van der Waals surface area contributed by atoms with Crippen molar-refractivity contribution in [1.82, 2.24) is 4.57 Å². The number of rotatable bonds is 2. The molecule has 22 heavy (non-hydrogen) atoms. The highest BCUT2D eigenvalue weighted by atomic mass is 32.1. The summed E-state index contributed by atoms with van der Waals surface area (Å²) in [6.45, 7) is 6.80. The number of ether oxygens (including phenoxy) is 1. The molecule has 0 amide bonds. The van der Waals surface area contributed by atoms with Crippen LogP contribution in [0.5, 0.6) is 0 Å². The van der Waals surface area contributed by atoms with E-state index in [1.807, 2.05) is 49.6 Å². The van der Waals surface area contributed by atoms with E-state index in [0.29, 0.717) is 10.9 Å². The molecule has 1 aliphatic heterocycles. The van der Waals surface area contributed by atoms with E-state index in [1.165, 1.54) is 0 Å². The van der Waals surface area contributed by atoms with Gasteiger partial charge in [-0.15, -0.1) is 0 Å². The molecular formula is C17H17N3OS. The van der Waals surface area contributed by atoms with Gasteiger partial charge in [0.25, 0.3) is 5.17 Å². The van der Waals surface area contributed by atoms with Gasteiger partial charge in [0.2, 0.25) is 0 Å². The Kier molecular flexibility index (Phi) is 3.42. The fourth-order valence-corrected chi connectivity index (χ4v) is 3.21. The Balaban J connectivity index is 2.14. The first-order valence-electron chi connectivity index (χ1n) is 7.21. The van der Waals surface area contributed by atoms with Crippen molar-refractivity contribution in [2.75, 3.05) is 5.32 Å². The lowest BCUT2D eigenvalue weighted by Crippen LogP contribution is -2.34. The van der Waals surface area contributed by atoms with Crippen molar-refractivity contribution < 1.29 is 4.74 Å². The summed E-state index contributed by atoms with van der Waals surface area (Å²) in [5.74, 6) is 0. The van der Waals surface area contributed by atoms with Crippen molar-refractivity contribution in [3.05, 3.63) is 41.6 Å². The van der Waals surface area contributed by atoms with Gasteiger partial charge in [-0.2, -0.15) is 5.26 Å². The summed E-state index contributed by atoms with van der Waals surface area (Å²) < 4.78 is 7.75. The zero-order valence-corrected chi connectivity index (χ0v) is 13.6. The Morgan fingerprint density at radius 2 is 2.09 bits per heavy atom. The Labute approximate surface area is 135 Å². The highest BCUT2D eigenvalue weighted by Crippen LogP contribution is 2.38. The quantitative estimate of drug-likeness (QED) is 0.851. The van der Waals surface area contributed by atoms with E-state index in [0.717, 1.165) is 29.1 Å². The first-order valence-corrected chi connectivity index (χ1v) is 7.61. The predicted molar refractivity (Wildman–Crippen MR) is 90.6 cm³/mol. The van der Waals surface area contributed by atoms with Crippen LogP contribution in [0, 0.1) is 11.3 Å². The molecule has 1 aromatic carbocycles. The van der Waals surface area contributed by atoms with E-state index in [4.69, 9.17) is 17.0 Å². The van der Waals surface area contributed by atoms with Crippen LogP contribution in [0.2, 0.25) is 0 Å². The van der Waals surface area contributed by atoms with Gasteiger partial charge >= 0.3 is 0 Å². The van der Waals surface area contributed by atoms with Crippen LogP contribution < -0.4 is 5.32 Å². The lowest BCUT2D eigenvalue weighted by molar-refractivity contribution is 0.0947. The van der Waals surface area contributed by atoms with Gasteiger partial charge in [0, 0.05) is 23.5 Å². The molecule has 2 heterocycles. The highest BCUT2D eigenvalue weighted by molar-refractivity contribution is 7.80. The normalized spacial score (nSPS) is 15.5. The van der Waals surface area contributed by atoms with Gasteiger partial charge in [0.15, 0.2) is 0 Å². The fourth-order valence-electron chi connectivity index (χ4n) is 2.89. The Hall–Kier alpha value is -2.32. The molecule has 2 aromatic rings. The van der Waals surface area contributed by atoms with E-state index in [9.17, 15) is 5.26 Å². The number of nitrogens with zero attached hydrogens (tertiary/aromatic N) is 2. The van der Waals surface area contributed by atoms with E-state index in [1.54, 1.807) is 0 Å². The second-order valence-electron chi connectivity index (χ2n) is 5.75. The summed E-state index contributed by atoms with van der Waals surface area (Å²) in [5.41, 5.74) is 4.32. The average Bonchev–Trinajstić information content (AvgIpc) is 2.88. The van der Waals surface area contributed by atoms with Gasteiger partial charge in [-0.25, -0.2) is 0 Å². The number of hydrogen-bond acceptors (Lipinski definition) is 3. The molecule has 112 valence electrons. The number of anilines is 1. The number of nitrogens with one attached hydrogen (secondary N) is 1. The maximum atomic E-state index is 9.20. The summed E-state index contributed by atoms with van der Waals surface area (Å²) in [6, 6.07) is 12.2. The zero-order chi connectivity index (χ0) is 15.9. The largest absolute Gasteiger partial charge is 0.460 e. The summed E-state index contributed by atoms with van der Waals surface area (Å²) >= 11 is 5.14. The average molecular weight is 311 g/mol. The van der Waals surface area contributed by atoms with E-state index < -0.39 is 5.60 Å². The maximum Gasteiger partial charge on any atom is 0.262 e. The third-order valence-electron chi connectivity index (χ3n) is 3.96. The smallest absolute Gasteiger partial charge is 0.262 e. The van der Waals surface area contributed by atoms with Gasteiger partial charge < -0.3 is 14.6 Å². The molecule has 0 radical (unpaired) electrons. The summed E-state index contributed by atoms with van der Waals surface area (Å²) in [7, 11) is 0. The molecule has 1 aliphatic rings. The van der Waals surface area contributed by atoms with Crippen LogP contribution >= 0.6 is 12.2 Å². The fraction of sp³-hybridized carbons (Fsp3) is 0.294. The number of fused-ring (bicyclic) bond motifs is 1. The Bertz CT molecular complexity index is 799.